The number of esters is 1. The van der Waals surface area contributed by atoms with Gasteiger partial charge in [-0.15, -0.1) is 0 Å². The van der Waals surface area contributed by atoms with Gasteiger partial charge < -0.3 is 9.47 Å². The molecule has 0 aliphatic heterocycles. The summed E-state index contributed by atoms with van der Waals surface area (Å²) in [7, 11) is 0. The lowest BCUT2D eigenvalue weighted by Crippen LogP contribution is -2.02. The van der Waals surface area contributed by atoms with E-state index in [0.717, 1.165) is 36.0 Å². The van der Waals surface area contributed by atoms with Crippen LogP contribution in [0.5, 0.6) is 11.5 Å². The predicted molar refractivity (Wildman–Crippen MR) is 107 cm³/mol. The monoisotopic (exact) mass is 352 g/mol. The molecule has 2 aromatic carbocycles. The first kappa shape index (κ1) is 19.8. The fourth-order valence-electron chi connectivity index (χ4n) is 2.69. The minimum atomic E-state index is -0.454. The smallest absolute Gasteiger partial charge is 0.335 e. The van der Waals surface area contributed by atoms with Gasteiger partial charge >= 0.3 is 5.97 Å². The van der Waals surface area contributed by atoms with Crippen LogP contribution in [0.4, 0.5) is 0 Å². The van der Waals surface area contributed by atoms with Gasteiger partial charge in [0.05, 0.1) is 6.61 Å². The molecule has 0 spiro atoms. The summed E-state index contributed by atoms with van der Waals surface area (Å²) in [5.74, 6) is 0.959. The second kappa shape index (κ2) is 11.1. The van der Waals surface area contributed by atoms with Crippen LogP contribution in [0.3, 0.4) is 0 Å². The van der Waals surface area contributed by atoms with E-state index in [2.05, 4.69) is 13.5 Å². The van der Waals surface area contributed by atoms with Crippen molar-refractivity contribution in [2.45, 2.75) is 45.4 Å². The van der Waals surface area contributed by atoms with Gasteiger partial charge in [-0.25, -0.2) is 4.79 Å². The number of unbranched alkanes of at least 4 members (excludes halogenated alkanes) is 5. The third kappa shape index (κ3) is 6.75. The lowest BCUT2D eigenvalue weighted by Gasteiger charge is -2.08. The largest absolute Gasteiger partial charge is 0.494 e. The highest BCUT2D eigenvalue weighted by Crippen LogP contribution is 2.25. The van der Waals surface area contributed by atoms with E-state index in [1.807, 2.05) is 36.4 Å². The minimum absolute atomic E-state index is 0.454. The van der Waals surface area contributed by atoms with E-state index in [9.17, 15) is 4.79 Å². The Balaban J connectivity index is 1.79. The van der Waals surface area contributed by atoms with Gasteiger partial charge in [-0.05, 0) is 41.8 Å². The molecular formula is C23H28O3. The van der Waals surface area contributed by atoms with Crippen LogP contribution in [0.25, 0.3) is 11.1 Å². The molecule has 3 heteroatoms. The molecule has 0 radical (unpaired) electrons. The summed E-state index contributed by atoms with van der Waals surface area (Å²) in [6, 6.07) is 15.5. The topological polar surface area (TPSA) is 35.5 Å². The van der Waals surface area contributed by atoms with E-state index >= 15 is 0 Å². The number of hydrogen-bond donors (Lipinski definition) is 0. The van der Waals surface area contributed by atoms with Crippen molar-refractivity contribution in [1.29, 1.82) is 0 Å². The predicted octanol–water partition coefficient (Wildman–Crippen LogP) is 6.18. The summed E-state index contributed by atoms with van der Waals surface area (Å²) >= 11 is 0. The molecule has 2 aromatic rings. The molecule has 0 amide bonds. The third-order valence-electron chi connectivity index (χ3n) is 4.19. The zero-order valence-corrected chi connectivity index (χ0v) is 15.6. The summed E-state index contributed by atoms with van der Waals surface area (Å²) in [6.45, 7) is 6.39. The van der Waals surface area contributed by atoms with Crippen LogP contribution < -0.4 is 9.47 Å². The van der Waals surface area contributed by atoms with E-state index in [4.69, 9.17) is 9.47 Å². The van der Waals surface area contributed by atoms with E-state index in [-0.39, 0.29) is 0 Å². The molecule has 2 rings (SSSR count). The van der Waals surface area contributed by atoms with Crippen LogP contribution in [0.15, 0.2) is 61.2 Å². The van der Waals surface area contributed by atoms with Crippen molar-refractivity contribution < 1.29 is 14.3 Å². The molecule has 0 aliphatic carbocycles. The summed E-state index contributed by atoms with van der Waals surface area (Å²) in [5.41, 5.74) is 2.16. The number of carbonyl (C=O) groups excluding carboxylic acids is 1. The first-order chi connectivity index (χ1) is 12.7. The van der Waals surface area contributed by atoms with Crippen LogP contribution in [0.2, 0.25) is 0 Å². The Morgan fingerprint density at radius 2 is 1.38 bits per heavy atom. The maximum absolute atomic E-state index is 11.2. The van der Waals surface area contributed by atoms with Gasteiger partial charge in [-0.1, -0.05) is 69.9 Å². The number of carbonyl (C=O) groups is 1. The van der Waals surface area contributed by atoms with E-state index in [1.54, 1.807) is 12.1 Å². The molecule has 0 heterocycles. The van der Waals surface area contributed by atoms with Crippen molar-refractivity contribution in [2.24, 2.45) is 0 Å². The second-order valence-corrected chi connectivity index (χ2v) is 6.29. The highest BCUT2D eigenvalue weighted by Gasteiger charge is 2.02. The molecule has 0 fully saturated rings. The first-order valence-corrected chi connectivity index (χ1v) is 9.40. The lowest BCUT2D eigenvalue weighted by molar-refractivity contribution is -0.128. The number of hydrogen-bond acceptors (Lipinski definition) is 3. The van der Waals surface area contributed by atoms with Gasteiger partial charge in [-0.3, -0.25) is 0 Å². The normalized spacial score (nSPS) is 10.3. The van der Waals surface area contributed by atoms with Crippen LogP contribution in [-0.2, 0) is 4.79 Å². The van der Waals surface area contributed by atoms with Gasteiger partial charge in [0.25, 0.3) is 0 Å². The Morgan fingerprint density at radius 1 is 0.846 bits per heavy atom. The van der Waals surface area contributed by atoms with Crippen LogP contribution in [-0.4, -0.2) is 12.6 Å². The van der Waals surface area contributed by atoms with Gasteiger partial charge in [-0.2, -0.15) is 0 Å². The van der Waals surface area contributed by atoms with E-state index in [0.29, 0.717) is 5.75 Å². The zero-order chi connectivity index (χ0) is 18.6. The Labute approximate surface area is 156 Å². The average molecular weight is 352 g/mol. The first-order valence-electron chi connectivity index (χ1n) is 9.40. The van der Waals surface area contributed by atoms with Crippen molar-refractivity contribution in [3.05, 3.63) is 61.2 Å². The highest BCUT2D eigenvalue weighted by molar-refractivity contribution is 5.83. The number of ether oxygens (including phenoxy) is 2. The lowest BCUT2D eigenvalue weighted by atomic mass is 10.1. The standard InChI is InChI=1S/C23H28O3/c1-3-5-6-7-8-9-18-25-21-14-10-19(11-15-21)20-12-16-22(17-13-20)26-23(24)4-2/h4,10-17H,2-3,5-9,18H2,1H3. The molecule has 26 heavy (non-hydrogen) atoms. The molecule has 0 saturated carbocycles. The summed E-state index contributed by atoms with van der Waals surface area (Å²) in [5, 5.41) is 0. The van der Waals surface area contributed by atoms with Crippen molar-refractivity contribution in [1.82, 2.24) is 0 Å². The summed E-state index contributed by atoms with van der Waals surface area (Å²) in [4.78, 5) is 11.2. The van der Waals surface area contributed by atoms with Gasteiger partial charge in [0.15, 0.2) is 0 Å². The van der Waals surface area contributed by atoms with Crippen molar-refractivity contribution in [2.75, 3.05) is 6.61 Å². The molecule has 138 valence electrons. The second-order valence-electron chi connectivity index (χ2n) is 6.29. The number of rotatable bonds is 11. The number of benzene rings is 2. The molecule has 3 nitrogen and oxygen atoms in total. The molecular weight excluding hydrogens is 324 g/mol. The Bertz CT molecular complexity index is 672. The molecule has 0 aromatic heterocycles. The fourth-order valence-corrected chi connectivity index (χ4v) is 2.69. The van der Waals surface area contributed by atoms with E-state index in [1.165, 1.54) is 32.1 Å². The average Bonchev–Trinajstić information content (AvgIpc) is 2.68. The van der Waals surface area contributed by atoms with Crippen molar-refractivity contribution >= 4 is 5.97 Å². The third-order valence-corrected chi connectivity index (χ3v) is 4.19. The van der Waals surface area contributed by atoms with Crippen LogP contribution in [0, 0.1) is 0 Å². The molecule has 0 bridgehead atoms. The van der Waals surface area contributed by atoms with Crippen LogP contribution >= 0.6 is 0 Å². The van der Waals surface area contributed by atoms with Crippen LogP contribution in [0.1, 0.15) is 45.4 Å². The molecule has 0 aliphatic rings. The molecule has 0 unspecified atom stereocenters. The maximum atomic E-state index is 11.2. The fraction of sp³-hybridized carbons (Fsp3) is 0.348. The SMILES string of the molecule is C=CC(=O)Oc1ccc(-c2ccc(OCCCCCCCC)cc2)cc1. The molecule has 0 saturated heterocycles. The summed E-state index contributed by atoms with van der Waals surface area (Å²) < 4.78 is 10.9. The quantitative estimate of drug-likeness (QED) is 0.209. The molecule has 0 atom stereocenters. The summed E-state index contributed by atoms with van der Waals surface area (Å²) in [6.07, 6.45) is 8.74. The van der Waals surface area contributed by atoms with Crippen molar-refractivity contribution in [3.8, 4) is 22.6 Å². The highest BCUT2D eigenvalue weighted by atomic mass is 16.5. The Hall–Kier alpha value is -2.55. The van der Waals surface area contributed by atoms with E-state index < -0.39 is 5.97 Å². The minimum Gasteiger partial charge on any atom is -0.494 e. The van der Waals surface area contributed by atoms with Crippen molar-refractivity contribution in [3.63, 3.8) is 0 Å². The zero-order valence-electron chi connectivity index (χ0n) is 15.6. The molecule has 0 N–H and O–H groups in total. The maximum Gasteiger partial charge on any atom is 0.335 e. The Morgan fingerprint density at radius 3 is 1.96 bits per heavy atom. The Kier molecular flexibility index (Phi) is 8.47. The van der Waals surface area contributed by atoms with Gasteiger partial charge in [0.1, 0.15) is 11.5 Å². The van der Waals surface area contributed by atoms with Gasteiger partial charge in [0, 0.05) is 6.08 Å². The van der Waals surface area contributed by atoms with Gasteiger partial charge in [0.2, 0.25) is 0 Å².